The van der Waals surface area contributed by atoms with E-state index in [0.717, 1.165) is 0 Å². The summed E-state index contributed by atoms with van der Waals surface area (Å²) in [7, 11) is 2.77. The van der Waals surface area contributed by atoms with Crippen LogP contribution in [0.5, 0.6) is 11.5 Å². The second kappa shape index (κ2) is 9.42. The quantitative estimate of drug-likeness (QED) is 0.875. The molecule has 9 heteroatoms. The fourth-order valence-corrected chi connectivity index (χ4v) is 2.65. The van der Waals surface area contributed by atoms with Crippen LogP contribution in [0.2, 0.25) is 0 Å². The zero-order valence-corrected chi connectivity index (χ0v) is 14.5. The van der Waals surface area contributed by atoms with E-state index in [1.54, 1.807) is 12.1 Å². The number of halogens is 5. The zero-order valence-electron chi connectivity index (χ0n) is 12.9. The van der Waals surface area contributed by atoms with E-state index in [-0.39, 0.29) is 36.1 Å². The van der Waals surface area contributed by atoms with Crippen molar-refractivity contribution in [3.63, 3.8) is 0 Å². The van der Waals surface area contributed by atoms with Crippen molar-refractivity contribution >= 4 is 24.8 Å². The molecule has 23 heavy (non-hydrogen) atoms. The number of hydrogen-bond donors (Lipinski definition) is 1. The van der Waals surface area contributed by atoms with E-state index in [4.69, 9.17) is 9.47 Å². The Morgan fingerprint density at radius 1 is 1.09 bits per heavy atom. The van der Waals surface area contributed by atoms with Gasteiger partial charge in [-0.2, -0.15) is 13.2 Å². The van der Waals surface area contributed by atoms with E-state index in [0.29, 0.717) is 31.9 Å². The van der Waals surface area contributed by atoms with Gasteiger partial charge < -0.3 is 14.8 Å². The van der Waals surface area contributed by atoms with Crippen LogP contribution in [0.15, 0.2) is 18.2 Å². The smallest absolute Gasteiger partial charge is 0.408 e. The summed E-state index contributed by atoms with van der Waals surface area (Å²) in [6.07, 6.45) is -4.38. The molecule has 0 aliphatic carbocycles. The van der Waals surface area contributed by atoms with Gasteiger partial charge in [-0.25, -0.2) is 0 Å². The fraction of sp³-hybridized carbons (Fsp3) is 0.571. The predicted molar refractivity (Wildman–Crippen MR) is 87.3 cm³/mol. The van der Waals surface area contributed by atoms with Crippen molar-refractivity contribution in [2.24, 2.45) is 0 Å². The first-order chi connectivity index (χ1) is 9.99. The van der Waals surface area contributed by atoms with Gasteiger partial charge >= 0.3 is 6.18 Å². The van der Waals surface area contributed by atoms with Crippen LogP contribution in [0.1, 0.15) is 11.6 Å². The predicted octanol–water partition coefficient (Wildman–Crippen LogP) is 3.06. The van der Waals surface area contributed by atoms with E-state index in [1.807, 2.05) is 0 Å². The molecule has 1 heterocycles. The van der Waals surface area contributed by atoms with Gasteiger partial charge in [0.1, 0.15) is 6.04 Å². The highest BCUT2D eigenvalue weighted by Gasteiger charge is 2.46. The van der Waals surface area contributed by atoms with Crippen molar-refractivity contribution < 1.29 is 22.6 Å². The summed E-state index contributed by atoms with van der Waals surface area (Å²) in [5.74, 6) is 0.445. The Morgan fingerprint density at radius 2 is 1.70 bits per heavy atom. The Hall–Kier alpha value is -0.890. The van der Waals surface area contributed by atoms with Crippen LogP contribution in [-0.4, -0.2) is 51.5 Å². The summed E-state index contributed by atoms with van der Waals surface area (Å²) in [6, 6.07) is 2.90. The van der Waals surface area contributed by atoms with Gasteiger partial charge in [-0.1, -0.05) is 12.1 Å². The molecule has 1 aliphatic heterocycles. The van der Waals surface area contributed by atoms with Gasteiger partial charge in [0, 0.05) is 31.7 Å². The summed E-state index contributed by atoms with van der Waals surface area (Å²) in [4.78, 5) is 1.42. The average molecular weight is 377 g/mol. The van der Waals surface area contributed by atoms with Crippen LogP contribution >= 0.6 is 24.8 Å². The number of benzene rings is 1. The molecule has 0 aromatic heterocycles. The van der Waals surface area contributed by atoms with Gasteiger partial charge in [0.15, 0.2) is 11.5 Å². The molecule has 0 saturated carbocycles. The number of hydrogen-bond acceptors (Lipinski definition) is 4. The van der Waals surface area contributed by atoms with Crippen molar-refractivity contribution in [3.8, 4) is 11.5 Å². The van der Waals surface area contributed by atoms with Gasteiger partial charge in [0.25, 0.3) is 0 Å². The van der Waals surface area contributed by atoms with E-state index in [1.165, 1.54) is 25.2 Å². The summed E-state index contributed by atoms with van der Waals surface area (Å²) in [5.41, 5.74) is 0.0891. The number of ether oxygens (including phenoxy) is 2. The summed E-state index contributed by atoms with van der Waals surface area (Å²) < 4.78 is 51.0. The Labute approximate surface area is 146 Å². The molecule has 2 rings (SSSR count). The third-order valence-corrected chi connectivity index (χ3v) is 3.55. The molecule has 134 valence electrons. The zero-order chi connectivity index (χ0) is 15.5. The summed E-state index contributed by atoms with van der Waals surface area (Å²) in [5, 5.41) is 3.06. The number of para-hydroxylation sites is 1. The van der Waals surface area contributed by atoms with Gasteiger partial charge in [-0.05, 0) is 6.07 Å². The molecular formula is C14H21Cl2F3N2O2. The molecule has 0 spiro atoms. The highest BCUT2D eigenvalue weighted by atomic mass is 35.5. The monoisotopic (exact) mass is 376 g/mol. The number of nitrogens with zero attached hydrogens (tertiary/aromatic N) is 1. The van der Waals surface area contributed by atoms with Gasteiger partial charge in [-0.3, -0.25) is 4.90 Å². The minimum atomic E-state index is -4.38. The Bertz CT molecular complexity index is 484. The first-order valence-electron chi connectivity index (χ1n) is 6.71. The molecule has 1 fully saturated rings. The van der Waals surface area contributed by atoms with Crippen LogP contribution in [0.4, 0.5) is 13.2 Å². The third-order valence-electron chi connectivity index (χ3n) is 3.55. The number of piperazine rings is 1. The van der Waals surface area contributed by atoms with Crippen molar-refractivity contribution in [3.05, 3.63) is 23.8 Å². The lowest BCUT2D eigenvalue weighted by Crippen LogP contribution is -2.49. The van der Waals surface area contributed by atoms with E-state index in [9.17, 15) is 13.2 Å². The van der Waals surface area contributed by atoms with Crippen LogP contribution in [-0.2, 0) is 0 Å². The standard InChI is InChI=1S/C14H19F3N2O2.2ClH/c1-20-11-5-3-4-10(12(11)21-2)13(14(15,16)17)19-8-6-18-7-9-19;;/h3-5,13,18H,6-9H2,1-2H3;2*1H/t13-;;/m1../s1. The van der Waals surface area contributed by atoms with E-state index < -0.39 is 12.2 Å². The molecule has 1 aromatic carbocycles. The minimum absolute atomic E-state index is 0. The van der Waals surface area contributed by atoms with Crippen molar-refractivity contribution in [1.82, 2.24) is 10.2 Å². The van der Waals surface area contributed by atoms with Crippen LogP contribution in [0.3, 0.4) is 0 Å². The van der Waals surface area contributed by atoms with E-state index >= 15 is 0 Å². The molecule has 0 bridgehead atoms. The van der Waals surface area contributed by atoms with Crippen molar-refractivity contribution in [2.45, 2.75) is 12.2 Å². The van der Waals surface area contributed by atoms with Gasteiger partial charge in [0.05, 0.1) is 14.2 Å². The third kappa shape index (κ3) is 5.04. The summed E-state index contributed by atoms with van der Waals surface area (Å²) >= 11 is 0. The van der Waals surface area contributed by atoms with E-state index in [2.05, 4.69) is 5.32 Å². The van der Waals surface area contributed by atoms with Crippen molar-refractivity contribution in [2.75, 3.05) is 40.4 Å². The maximum absolute atomic E-state index is 13.6. The molecule has 4 nitrogen and oxygen atoms in total. The second-order valence-corrected chi connectivity index (χ2v) is 4.81. The highest BCUT2D eigenvalue weighted by Crippen LogP contribution is 2.44. The molecule has 0 unspecified atom stereocenters. The number of nitrogens with one attached hydrogen (secondary N) is 1. The highest BCUT2D eigenvalue weighted by molar-refractivity contribution is 5.85. The average Bonchev–Trinajstić information content (AvgIpc) is 2.46. The molecule has 0 amide bonds. The maximum Gasteiger partial charge on any atom is 0.408 e. The Balaban J connectivity index is 0.00000242. The molecule has 1 atom stereocenters. The van der Waals surface area contributed by atoms with Crippen LogP contribution in [0.25, 0.3) is 0 Å². The van der Waals surface area contributed by atoms with Crippen LogP contribution in [0, 0.1) is 0 Å². The first kappa shape index (κ1) is 22.1. The molecule has 1 N–H and O–H groups in total. The number of alkyl halides is 3. The molecule has 1 saturated heterocycles. The van der Waals surface area contributed by atoms with Crippen LogP contribution < -0.4 is 14.8 Å². The van der Waals surface area contributed by atoms with Gasteiger partial charge in [0.2, 0.25) is 0 Å². The topological polar surface area (TPSA) is 33.7 Å². The largest absolute Gasteiger partial charge is 0.493 e. The lowest BCUT2D eigenvalue weighted by Gasteiger charge is -2.36. The molecule has 1 aliphatic rings. The Kier molecular flexibility index (Phi) is 9.05. The lowest BCUT2D eigenvalue weighted by atomic mass is 10.0. The number of methoxy groups -OCH3 is 2. The minimum Gasteiger partial charge on any atom is -0.493 e. The summed E-state index contributed by atoms with van der Waals surface area (Å²) in [6.45, 7) is 1.76. The van der Waals surface area contributed by atoms with Crippen molar-refractivity contribution in [1.29, 1.82) is 0 Å². The fourth-order valence-electron chi connectivity index (χ4n) is 2.65. The molecule has 1 aromatic rings. The first-order valence-corrected chi connectivity index (χ1v) is 6.71. The molecular weight excluding hydrogens is 356 g/mol. The second-order valence-electron chi connectivity index (χ2n) is 4.81. The normalized spacial score (nSPS) is 16.7. The number of rotatable bonds is 4. The lowest BCUT2D eigenvalue weighted by molar-refractivity contribution is -0.188. The maximum atomic E-state index is 13.6. The molecule has 0 radical (unpaired) electrons. The van der Waals surface area contributed by atoms with Gasteiger partial charge in [-0.15, -0.1) is 24.8 Å². The SMILES string of the molecule is COc1cccc([C@@H](N2CCNCC2)C(F)(F)F)c1OC.Cl.Cl. The Morgan fingerprint density at radius 3 is 2.17 bits per heavy atom.